The van der Waals surface area contributed by atoms with Gasteiger partial charge >= 0.3 is 6.18 Å². The zero-order valence-corrected chi connectivity index (χ0v) is 31.5. The van der Waals surface area contributed by atoms with Crippen LogP contribution in [0.3, 0.4) is 0 Å². The Hall–Kier alpha value is -3.75. The lowest BCUT2D eigenvalue weighted by Gasteiger charge is -2.56. The first kappa shape index (κ1) is 37.6. The van der Waals surface area contributed by atoms with E-state index < -0.39 is 33.6 Å². The van der Waals surface area contributed by atoms with Crippen LogP contribution in [0.4, 0.5) is 19.1 Å². The lowest BCUT2D eigenvalue weighted by Crippen LogP contribution is -2.60. The Morgan fingerprint density at radius 1 is 1.02 bits per heavy atom. The number of nitrogens with zero attached hydrogens (tertiary/aromatic N) is 4. The first-order valence-electron chi connectivity index (χ1n) is 18.5. The molecule has 2 aliphatic heterocycles. The number of hydrogen-bond donors (Lipinski definition) is 1. The number of carbonyl (C=O) groups is 1. The number of likely N-dealkylation sites (tertiary alicyclic amines) is 1. The van der Waals surface area contributed by atoms with Crippen LogP contribution in [0.1, 0.15) is 81.7 Å². The SMILES string of the molecule is Cc1cccc(C)c1-c1cc2nc(n1)NS(=O)(=O)c1cccc(c1)C(=O)N(C1CC3(CCN(CCOC(C)C)CC3)C1)[C@H](CC1(C(F)(F)F)CC1)CO2.[HH]. The molecule has 1 aromatic heterocycles. The maximum absolute atomic E-state index is 14.6. The maximum atomic E-state index is 14.6. The Morgan fingerprint density at radius 3 is 2.34 bits per heavy atom. The molecule has 14 heteroatoms. The standard InChI is InChI=1S/C39H48F3N5O5S.H2/c1-25(2)51-18-17-46-15-13-37(14-16-46)21-29(22-37)47-30(23-38(11-12-38)39(40,41)42)24-52-33-20-32(34-26(3)7-5-8-27(34)4)43-36(44-33)45-53(49,50)31-10-6-9-28(19-31)35(47)48;/h5-10,19-20,25,29-30H,11-18,21-24H2,1-4H3,(H,43,44,45);1H/t30-;/m1./s1. The number of aryl methyl sites for hydroxylation is 2. The molecule has 1 saturated heterocycles. The van der Waals surface area contributed by atoms with Crippen LogP contribution in [0, 0.1) is 24.7 Å². The third kappa shape index (κ3) is 7.77. The molecule has 2 aliphatic carbocycles. The van der Waals surface area contributed by atoms with E-state index in [2.05, 4.69) is 19.6 Å². The van der Waals surface area contributed by atoms with Crippen LogP contribution < -0.4 is 9.46 Å². The van der Waals surface area contributed by atoms with Crippen LogP contribution in [-0.2, 0) is 14.8 Å². The second kappa shape index (κ2) is 14.2. The molecule has 4 bridgehead atoms. The molecule has 3 aromatic rings. The molecule has 4 aliphatic rings. The van der Waals surface area contributed by atoms with Gasteiger partial charge in [0.25, 0.3) is 15.9 Å². The Labute approximate surface area is 311 Å². The number of nitrogens with one attached hydrogen (secondary N) is 1. The summed E-state index contributed by atoms with van der Waals surface area (Å²) in [5.74, 6) is -0.763. The van der Waals surface area contributed by atoms with E-state index in [0.717, 1.165) is 49.2 Å². The van der Waals surface area contributed by atoms with Gasteiger partial charge in [-0.3, -0.25) is 4.79 Å². The number of rotatable bonds is 8. The molecule has 7 rings (SSSR count). The summed E-state index contributed by atoms with van der Waals surface area (Å²) in [6.45, 7) is 10.8. The van der Waals surface area contributed by atoms with Crippen molar-refractivity contribution in [2.24, 2.45) is 10.8 Å². The monoisotopic (exact) mass is 757 g/mol. The summed E-state index contributed by atoms with van der Waals surface area (Å²) in [5.41, 5.74) is 1.06. The summed E-state index contributed by atoms with van der Waals surface area (Å²) >= 11 is 0. The Morgan fingerprint density at radius 2 is 1.70 bits per heavy atom. The highest BCUT2D eigenvalue weighted by atomic mass is 32.2. The van der Waals surface area contributed by atoms with Crippen LogP contribution in [0.2, 0.25) is 0 Å². The minimum Gasteiger partial charge on any atom is -0.475 e. The number of aromatic nitrogens is 2. The van der Waals surface area contributed by atoms with Crippen LogP contribution in [0.25, 0.3) is 11.3 Å². The molecule has 0 unspecified atom stereocenters. The van der Waals surface area contributed by atoms with Gasteiger partial charge in [-0.2, -0.15) is 18.2 Å². The summed E-state index contributed by atoms with van der Waals surface area (Å²) in [6.07, 6.45) is -1.51. The first-order valence-corrected chi connectivity index (χ1v) is 20.0. The van der Waals surface area contributed by atoms with Gasteiger partial charge in [0.15, 0.2) is 0 Å². The van der Waals surface area contributed by atoms with Crippen molar-refractivity contribution in [2.45, 2.75) is 102 Å². The second-order valence-electron chi connectivity index (χ2n) is 15.8. The Balaban J connectivity index is 0.00000497. The summed E-state index contributed by atoms with van der Waals surface area (Å²) in [5, 5.41) is 0. The molecule has 2 aromatic carbocycles. The number of anilines is 1. The van der Waals surface area contributed by atoms with E-state index in [1.165, 1.54) is 24.3 Å². The fraction of sp³-hybridized carbons (Fsp3) is 0.564. The maximum Gasteiger partial charge on any atom is 0.394 e. The van der Waals surface area contributed by atoms with Gasteiger partial charge in [0.1, 0.15) is 6.61 Å². The normalized spacial score (nSPS) is 22.6. The first-order chi connectivity index (χ1) is 25.1. The van der Waals surface area contributed by atoms with Crippen LogP contribution >= 0.6 is 0 Å². The number of ether oxygens (including phenoxy) is 2. The number of benzene rings is 2. The van der Waals surface area contributed by atoms with Crippen molar-refractivity contribution in [3.63, 3.8) is 0 Å². The number of carbonyl (C=O) groups excluding carboxylic acids is 1. The molecular weight excluding hydrogens is 708 g/mol. The average Bonchev–Trinajstić information content (AvgIpc) is 3.87. The van der Waals surface area contributed by atoms with Gasteiger partial charge < -0.3 is 19.3 Å². The fourth-order valence-corrected chi connectivity index (χ4v) is 9.47. The topological polar surface area (TPSA) is 114 Å². The summed E-state index contributed by atoms with van der Waals surface area (Å²) < 4.78 is 85.8. The number of piperidine rings is 1. The van der Waals surface area contributed by atoms with Crippen LogP contribution in [0.15, 0.2) is 53.4 Å². The van der Waals surface area contributed by atoms with E-state index in [1.54, 1.807) is 11.0 Å². The van der Waals surface area contributed by atoms with E-state index >= 15 is 0 Å². The number of halogens is 3. The molecule has 1 spiro atoms. The third-order valence-electron chi connectivity index (χ3n) is 11.7. The molecule has 3 fully saturated rings. The zero-order valence-electron chi connectivity index (χ0n) is 30.7. The van der Waals surface area contributed by atoms with Gasteiger partial charge in [-0.15, -0.1) is 0 Å². The molecule has 1 amide bonds. The lowest BCUT2D eigenvalue weighted by molar-refractivity contribution is -0.194. The number of alkyl halides is 3. The summed E-state index contributed by atoms with van der Waals surface area (Å²) in [6, 6.07) is 11.6. The fourth-order valence-electron chi connectivity index (χ4n) is 8.48. The van der Waals surface area contributed by atoms with E-state index in [0.29, 0.717) is 25.1 Å². The molecule has 10 nitrogen and oxygen atoms in total. The highest BCUT2D eigenvalue weighted by Gasteiger charge is 2.64. The number of sulfonamides is 1. The Kier molecular flexibility index (Phi) is 10.0. The van der Waals surface area contributed by atoms with Crippen LogP contribution in [-0.4, -0.2) is 91.3 Å². The van der Waals surface area contributed by atoms with Crippen molar-refractivity contribution in [2.75, 3.05) is 37.6 Å². The smallest absolute Gasteiger partial charge is 0.394 e. The molecule has 1 N–H and O–H groups in total. The van der Waals surface area contributed by atoms with Gasteiger partial charge in [0.05, 0.1) is 34.8 Å². The summed E-state index contributed by atoms with van der Waals surface area (Å²) in [4.78, 5) is 27.4. The van der Waals surface area contributed by atoms with Gasteiger partial charge in [-0.25, -0.2) is 18.1 Å². The number of amides is 1. The predicted octanol–water partition coefficient (Wildman–Crippen LogP) is 7.41. The predicted molar refractivity (Wildman–Crippen MR) is 196 cm³/mol. The van der Waals surface area contributed by atoms with E-state index in [1.807, 2.05) is 45.9 Å². The minimum atomic E-state index is -4.45. The zero-order chi connectivity index (χ0) is 37.8. The van der Waals surface area contributed by atoms with Crippen molar-refractivity contribution < 1.29 is 37.3 Å². The quantitative estimate of drug-likeness (QED) is 0.253. The minimum absolute atomic E-state index is 0. The van der Waals surface area contributed by atoms with Crippen molar-refractivity contribution in [3.05, 3.63) is 65.2 Å². The van der Waals surface area contributed by atoms with Gasteiger partial charge in [0, 0.05) is 31.2 Å². The van der Waals surface area contributed by atoms with Gasteiger partial charge in [0.2, 0.25) is 11.8 Å². The van der Waals surface area contributed by atoms with Crippen molar-refractivity contribution >= 4 is 21.9 Å². The third-order valence-corrected chi connectivity index (χ3v) is 13.0. The van der Waals surface area contributed by atoms with Crippen molar-refractivity contribution in [3.8, 4) is 17.1 Å². The lowest BCUT2D eigenvalue weighted by atomic mass is 9.59. The van der Waals surface area contributed by atoms with E-state index in [9.17, 15) is 26.4 Å². The largest absolute Gasteiger partial charge is 0.475 e. The molecule has 53 heavy (non-hydrogen) atoms. The van der Waals surface area contributed by atoms with Crippen molar-refractivity contribution in [1.82, 2.24) is 19.8 Å². The number of hydrogen-bond acceptors (Lipinski definition) is 8. The number of fused-ring (bicyclic) bond motifs is 4. The second-order valence-corrected chi connectivity index (χ2v) is 17.5. The molecule has 1 atom stereocenters. The average molecular weight is 758 g/mol. The molecule has 0 radical (unpaired) electrons. The molecule has 2 saturated carbocycles. The van der Waals surface area contributed by atoms with Crippen molar-refractivity contribution in [1.29, 1.82) is 0 Å². The van der Waals surface area contributed by atoms with Gasteiger partial charge in [-0.05, 0) is 120 Å². The molecule has 3 heterocycles. The van der Waals surface area contributed by atoms with Gasteiger partial charge in [-0.1, -0.05) is 24.3 Å². The van der Waals surface area contributed by atoms with E-state index in [4.69, 9.17) is 9.47 Å². The highest BCUT2D eigenvalue weighted by molar-refractivity contribution is 7.92. The van der Waals surface area contributed by atoms with E-state index in [-0.39, 0.29) is 67.1 Å². The molecular formula is C39H50F3N5O5S. The highest BCUT2D eigenvalue weighted by Crippen LogP contribution is 2.61. The summed E-state index contributed by atoms with van der Waals surface area (Å²) in [7, 11) is -4.29. The van der Waals surface area contributed by atoms with Crippen LogP contribution in [0.5, 0.6) is 5.88 Å². The Bertz CT molecular complexity index is 1940. The molecule has 288 valence electrons.